The van der Waals surface area contributed by atoms with E-state index >= 15 is 0 Å². The summed E-state index contributed by atoms with van der Waals surface area (Å²) in [6.45, 7) is 2.01. The Morgan fingerprint density at radius 1 is 1.48 bits per heavy atom. The average Bonchev–Trinajstić information content (AvgIpc) is 2.93. The van der Waals surface area contributed by atoms with E-state index in [-0.39, 0.29) is 11.7 Å². The number of nitrogens with one attached hydrogen (secondary N) is 2. The molecule has 1 aromatic carbocycles. The van der Waals surface area contributed by atoms with Crippen LogP contribution in [0.4, 0.5) is 5.82 Å². The maximum atomic E-state index is 12.0. The highest BCUT2D eigenvalue weighted by Crippen LogP contribution is 2.13. The van der Waals surface area contributed by atoms with Gasteiger partial charge in [-0.1, -0.05) is 29.4 Å². The zero-order valence-corrected chi connectivity index (χ0v) is 11.6. The number of aromatic amines is 1. The van der Waals surface area contributed by atoms with Crippen LogP contribution in [0, 0.1) is 6.92 Å². The second kappa shape index (κ2) is 6.56. The van der Waals surface area contributed by atoms with Crippen LogP contribution in [-0.4, -0.2) is 27.1 Å². The lowest BCUT2D eigenvalue weighted by molar-refractivity contribution is -0.116. The molecule has 7 heteroatoms. The number of nitrogens with two attached hydrogens (primary N) is 1. The van der Waals surface area contributed by atoms with Gasteiger partial charge in [-0.05, 0) is 24.5 Å². The summed E-state index contributed by atoms with van der Waals surface area (Å²) in [5.74, 6) is 0.0348. The van der Waals surface area contributed by atoms with Crippen molar-refractivity contribution in [3.63, 3.8) is 0 Å². The number of aryl methyl sites for hydroxylation is 2. The maximum absolute atomic E-state index is 12.0. The smallest absolute Gasteiger partial charge is 0.225 e. The first-order valence-electron chi connectivity index (χ1n) is 6.47. The van der Waals surface area contributed by atoms with Gasteiger partial charge in [-0.25, -0.2) is 0 Å². The number of nitrogens with zero attached hydrogens (tertiary/aromatic N) is 2. The topological polar surface area (TPSA) is 116 Å². The molecule has 0 aliphatic heterocycles. The molecule has 1 heterocycles. The van der Waals surface area contributed by atoms with E-state index in [2.05, 4.69) is 20.7 Å². The molecule has 21 heavy (non-hydrogen) atoms. The van der Waals surface area contributed by atoms with Crippen molar-refractivity contribution in [1.82, 2.24) is 10.2 Å². The number of hydrogen-bond donors (Lipinski definition) is 4. The Labute approximate surface area is 121 Å². The first-order chi connectivity index (χ1) is 10.1. The summed E-state index contributed by atoms with van der Waals surface area (Å²) in [6.07, 6.45) is 2.36. The fraction of sp³-hybridized carbons (Fsp3) is 0.214. The fourth-order valence-electron chi connectivity index (χ4n) is 1.97. The molecule has 2 aromatic rings. The summed E-state index contributed by atoms with van der Waals surface area (Å²) in [4.78, 5) is 12.0. The highest BCUT2D eigenvalue weighted by atomic mass is 16.4. The molecule has 2 rings (SSSR count). The van der Waals surface area contributed by atoms with Crippen molar-refractivity contribution in [2.45, 2.75) is 19.8 Å². The van der Waals surface area contributed by atoms with Crippen LogP contribution in [0.15, 0.2) is 35.6 Å². The number of aromatic nitrogens is 2. The van der Waals surface area contributed by atoms with Crippen LogP contribution >= 0.6 is 0 Å². The van der Waals surface area contributed by atoms with Crippen LogP contribution < -0.4 is 11.1 Å². The Morgan fingerprint density at radius 2 is 2.24 bits per heavy atom. The zero-order chi connectivity index (χ0) is 15.2. The van der Waals surface area contributed by atoms with E-state index in [9.17, 15) is 4.79 Å². The van der Waals surface area contributed by atoms with Crippen molar-refractivity contribution >= 4 is 17.6 Å². The molecule has 0 saturated carbocycles. The molecular weight excluding hydrogens is 270 g/mol. The van der Waals surface area contributed by atoms with Crippen molar-refractivity contribution in [3.05, 3.63) is 47.2 Å². The van der Waals surface area contributed by atoms with Crippen LogP contribution in [0.2, 0.25) is 0 Å². The van der Waals surface area contributed by atoms with E-state index in [1.165, 1.54) is 6.20 Å². The second-order valence-corrected chi connectivity index (χ2v) is 4.62. The molecule has 0 bridgehead atoms. The van der Waals surface area contributed by atoms with E-state index in [4.69, 9.17) is 10.9 Å². The maximum Gasteiger partial charge on any atom is 0.225 e. The predicted molar refractivity (Wildman–Crippen MR) is 79.2 cm³/mol. The molecule has 0 radical (unpaired) electrons. The van der Waals surface area contributed by atoms with E-state index in [1.54, 1.807) is 0 Å². The SMILES string of the molecule is Cc1ccccc1CCC(=O)Nc1[nH]ncc1C(N)=NO. The molecule has 0 saturated heterocycles. The van der Waals surface area contributed by atoms with Gasteiger partial charge in [0.05, 0.1) is 11.8 Å². The lowest BCUT2D eigenvalue weighted by Crippen LogP contribution is -2.18. The summed E-state index contributed by atoms with van der Waals surface area (Å²) in [5.41, 5.74) is 8.13. The van der Waals surface area contributed by atoms with Gasteiger partial charge in [0.25, 0.3) is 0 Å². The highest BCUT2D eigenvalue weighted by Gasteiger charge is 2.12. The van der Waals surface area contributed by atoms with Crippen LogP contribution in [0.1, 0.15) is 23.1 Å². The Morgan fingerprint density at radius 3 is 2.95 bits per heavy atom. The molecule has 0 atom stereocenters. The third-order valence-corrected chi connectivity index (χ3v) is 3.17. The average molecular weight is 287 g/mol. The molecule has 110 valence electrons. The number of oxime groups is 1. The van der Waals surface area contributed by atoms with Gasteiger partial charge in [-0.3, -0.25) is 9.89 Å². The minimum atomic E-state index is -0.172. The lowest BCUT2D eigenvalue weighted by atomic mass is 10.0. The van der Waals surface area contributed by atoms with E-state index in [0.29, 0.717) is 24.2 Å². The Balaban J connectivity index is 1.97. The number of benzene rings is 1. The van der Waals surface area contributed by atoms with Gasteiger partial charge in [-0.15, -0.1) is 0 Å². The minimum absolute atomic E-state index is 0.113. The van der Waals surface area contributed by atoms with Gasteiger partial charge < -0.3 is 16.3 Å². The second-order valence-electron chi connectivity index (χ2n) is 4.62. The van der Waals surface area contributed by atoms with Crippen LogP contribution in [0.3, 0.4) is 0 Å². The first-order valence-corrected chi connectivity index (χ1v) is 6.47. The van der Waals surface area contributed by atoms with Gasteiger partial charge in [0.2, 0.25) is 5.91 Å². The molecule has 0 aliphatic carbocycles. The number of carbonyl (C=O) groups is 1. The monoisotopic (exact) mass is 287 g/mol. The van der Waals surface area contributed by atoms with Gasteiger partial charge >= 0.3 is 0 Å². The van der Waals surface area contributed by atoms with Crippen LogP contribution in [0.5, 0.6) is 0 Å². The third-order valence-electron chi connectivity index (χ3n) is 3.17. The van der Waals surface area contributed by atoms with Crippen molar-refractivity contribution in [1.29, 1.82) is 0 Å². The predicted octanol–water partition coefficient (Wildman–Crippen LogP) is 1.38. The molecule has 7 nitrogen and oxygen atoms in total. The standard InChI is InChI=1S/C14H17N5O2/c1-9-4-2-3-5-10(9)6-7-12(20)17-14-11(8-16-18-14)13(15)19-21/h2-5,8,21H,6-7H2,1H3,(H2,15,19)(H2,16,17,18,20). The van der Waals surface area contributed by atoms with E-state index in [0.717, 1.165) is 11.1 Å². The number of hydrogen-bond acceptors (Lipinski definition) is 4. The molecule has 0 spiro atoms. The normalized spacial score (nSPS) is 11.4. The third kappa shape index (κ3) is 3.59. The Bertz CT molecular complexity index is 663. The number of anilines is 1. The number of amidine groups is 1. The fourth-order valence-corrected chi connectivity index (χ4v) is 1.97. The van der Waals surface area contributed by atoms with Crippen molar-refractivity contribution in [2.24, 2.45) is 10.9 Å². The van der Waals surface area contributed by atoms with E-state index < -0.39 is 0 Å². The number of amides is 1. The zero-order valence-electron chi connectivity index (χ0n) is 11.6. The van der Waals surface area contributed by atoms with Gasteiger partial charge in [0.1, 0.15) is 5.82 Å². The summed E-state index contributed by atoms with van der Waals surface area (Å²) in [6, 6.07) is 7.93. The Hall–Kier alpha value is -2.83. The quantitative estimate of drug-likeness (QED) is 0.288. The molecular formula is C14H17N5O2. The molecule has 0 fully saturated rings. The van der Waals surface area contributed by atoms with Gasteiger partial charge in [0, 0.05) is 6.42 Å². The molecule has 5 N–H and O–H groups in total. The Kier molecular flexibility index (Phi) is 4.55. The molecule has 0 unspecified atom stereocenters. The number of carbonyl (C=O) groups excluding carboxylic acids is 1. The molecule has 1 aromatic heterocycles. The van der Waals surface area contributed by atoms with Gasteiger partial charge in [0.15, 0.2) is 5.84 Å². The highest BCUT2D eigenvalue weighted by molar-refractivity contribution is 6.04. The summed E-state index contributed by atoms with van der Waals surface area (Å²) < 4.78 is 0. The van der Waals surface area contributed by atoms with Gasteiger partial charge in [-0.2, -0.15) is 5.10 Å². The first kappa shape index (κ1) is 14.6. The van der Waals surface area contributed by atoms with Crippen molar-refractivity contribution in [3.8, 4) is 0 Å². The van der Waals surface area contributed by atoms with Crippen molar-refractivity contribution < 1.29 is 10.0 Å². The van der Waals surface area contributed by atoms with Crippen molar-refractivity contribution in [2.75, 3.05) is 5.32 Å². The largest absolute Gasteiger partial charge is 0.409 e. The summed E-state index contributed by atoms with van der Waals surface area (Å²) in [7, 11) is 0. The molecule has 0 aliphatic rings. The number of H-pyrrole nitrogens is 1. The summed E-state index contributed by atoms with van der Waals surface area (Å²) >= 11 is 0. The lowest BCUT2D eigenvalue weighted by Gasteiger charge is -2.07. The van der Waals surface area contributed by atoms with E-state index in [1.807, 2.05) is 31.2 Å². The summed E-state index contributed by atoms with van der Waals surface area (Å²) in [5, 5.41) is 20.6. The molecule has 1 amide bonds. The number of rotatable bonds is 5. The van der Waals surface area contributed by atoms with Crippen LogP contribution in [0.25, 0.3) is 0 Å². The minimum Gasteiger partial charge on any atom is -0.409 e. The van der Waals surface area contributed by atoms with Crippen LogP contribution in [-0.2, 0) is 11.2 Å².